The van der Waals surface area contributed by atoms with E-state index in [-0.39, 0.29) is 23.4 Å². The molecule has 1 aromatic rings. The van der Waals surface area contributed by atoms with Crippen LogP contribution in [0.4, 0.5) is 5.69 Å². The van der Waals surface area contributed by atoms with Crippen LogP contribution in [0.2, 0.25) is 0 Å². The molecule has 1 unspecified atom stereocenters. The normalized spacial score (nSPS) is 11.2. The van der Waals surface area contributed by atoms with Crippen LogP contribution in [0.15, 0.2) is 18.2 Å². The molecule has 0 bridgehead atoms. The van der Waals surface area contributed by atoms with Gasteiger partial charge >= 0.3 is 17.9 Å². The number of phenols is 1. The Bertz CT molecular complexity index is 570. The monoisotopic (exact) mass is 311 g/mol. The summed E-state index contributed by atoms with van der Waals surface area (Å²) in [5.74, 6) is -2.16. The molecular formula is C14H17NO7. The van der Waals surface area contributed by atoms with E-state index in [1.807, 2.05) is 0 Å². The molecule has 0 radical (unpaired) electrons. The third kappa shape index (κ3) is 4.37. The van der Waals surface area contributed by atoms with Gasteiger partial charge in [-0.3, -0.25) is 4.79 Å². The van der Waals surface area contributed by atoms with Crippen molar-refractivity contribution in [1.29, 1.82) is 0 Å². The average Bonchev–Trinajstić information content (AvgIpc) is 2.54. The van der Waals surface area contributed by atoms with Crippen molar-refractivity contribution in [2.75, 3.05) is 26.6 Å². The van der Waals surface area contributed by atoms with Crippen LogP contribution in [0.5, 0.6) is 5.75 Å². The zero-order chi connectivity index (χ0) is 16.7. The lowest BCUT2D eigenvalue weighted by Gasteiger charge is -2.17. The van der Waals surface area contributed by atoms with Crippen LogP contribution in [0.3, 0.4) is 0 Å². The fourth-order valence-corrected chi connectivity index (χ4v) is 1.67. The van der Waals surface area contributed by atoms with Crippen molar-refractivity contribution in [3.05, 3.63) is 23.8 Å². The van der Waals surface area contributed by atoms with Crippen molar-refractivity contribution >= 4 is 23.6 Å². The second kappa shape index (κ2) is 7.87. The van der Waals surface area contributed by atoms with Gasteiger partial charge in [0.25, 0.3) is 0 Å². The fourth-order valence-electron chi connectivity index (χ4n) is 1.67. The zero-order valence-corrected chi connectivity index (χ0v) is 12.4. The molecule has 0 amide bonds. The second-order valence-electron chi connectivity index (χ2n) is 4.22. The minimum Gasteiger partial charge on any atom is -0.506 e. The number of benzene rings is 1. The van der Waals surface area contributed by atoms with Crippen LogP contribution in [0.25, 0.3) is 0 Å². The smallest absolute Gasteiger partial charge is 0.337 e. The maximum Gasteiger partial charge on any atom is 0.337 e. The number of rotatable bonds is 6. The van der Waals surface area contributed by atoms with E-state index in [4.69, 9.17) is 0 Å². The molecule has 120 valence electrons. The summed E-state index contributed by atoms with van der Waals surface area (Å²) >= 11 is 0. The molecule has 0 saturated heterocycles. The summed E-state index contributed by atoms with van der Waals surface area (Å²) in [4.78, 5) is 34.5. The van der Waals surface area contributed by atoms with E-state index in [1.165, 1.54) is 39.5 Å². The van der Waals surface area contributed by atoms with E-state index in [9.17, 15) is 19.5 Å². The number of hydrogen-bond acceptors (Lipinski definition) is 8. The maximum atomic E-state index is 11.7. The standard InChI is InChI=1S/C14H17NO7/c1-20-12(17)7-10(14(19)22-3)15-9-6-8(13(18)21-2)4-5-11(9)16/h4-6,10,15-16H,7H2,1-3H3. The van der Waals surface area contributed by atoms with Gasteiger partial charge in [0.2, 0.25) is 0 Å². The summed E-state index contributed by atoms with van der Waals surface area (Å²) < 4.78 is 13.7. The Morgan fingerprint density at radius 3 is 2.36 bits per heavy atom. The Labute approximate surface area is 127 Å². The SMILES string of the molecule is COC(=O)CC(Nc1cc(C(=O)OC)ccc1O)C(=O)OC. The molecule has 0 saturated carbocycles. The lowest BCUT2D eigenvalue weighted by Crippen LogP contribution is -2.33. The van der Waals surface area contributed by atoms with Gasteiger partial charge in [-0.1, -0.05) is 0 Å². The van der Waals surface area contributed by atoms with Crippen molar-refractivity contribution < 1.29 is 33.7 Å². The molecule has 22 heavy (non-hydrogen) atoms. The van der Waals surface area contributed by atoms with Crippen molar-refractivity contribution in [3.63, 3.8) is 0 Å². The maximum absolute atomic E-state index is 11.7. The highest BCUT2D eigenvalue weighted by molar-refractivity contribution is 5.92. The van der Waals surface area contributed by atoms with Crippen molar-refractivity contribution in [2.24, 2.45) is 0 Å². The number of ether oxygens (including phenoxy) is 3. The highest BCUT2D eigenvalue weighted by Gasteiger charge is 2.24. The first kappa shape index (κ1) is 17.3. The summed E-state index contributed by atoms with van der Waals surface area (Å²) in [6, 6.07) is 2.85. The Balaban J connectivity index is 3.03. The molecule has 1 rings (SSSR count). The van der Waals surface area contributed by atoms with Gasteiger partial charge in [0.15, 0.2) is 0 Å². The van der Waals surface area contributed by atoms with Crippen LogP contribution in [0, 0.1) is 0 Å². The van der Waals surface area contributed by atoms with E-state index in [1.54, 1.807) is 0 Å². The van der Waals surface area contributed by atoms with Gasteiger partial charge in [0.1, 0.15) is 11.8 Å². The fraction of sp³-hybridized carbons (Fsp3) is 0.357. The lowest BCUT2D eigenvalue weighted by molar-refractivity contribution is -0.148. The largest absolute Gasteiger partial charge is 0.506 e. The van der Waals surface area contributed by atoms with Gasteiger partial charge < -0.3 is 24.6 Å². The van der Waals surface area contributed by atoms with E-state index in [0.29, 0.717) is 0 Å². The molecular weight excluding hydrogens is 294 g/mol. The predicted molar refractivity (Wildman–Crippen MR) is 75.5 cm³/mol. The summed E-state index contributed by atoms with van der Waals surface area (Å²) in [5.41, 5.74) is 0.256. The molecule has 8 heteroatoms. The van der Waals surface area contributed by atoms with Gasteiger partial charge in [0.05, 0.1) is 39.0 Å². The van der Waals surface area contributed by atoms with Crippen LogP contribution < -0.4 is 5.32 Å². The lowest BCUT2D eigenvalue weighted by atomic mass is 10.1. The van der Waals surface area contributed by atoms with Gasteiger partial charge in [0, 0.05) is 0 Å². The van der Waals surface area contributed by atoms with E-state index in [0.717, 1.165) is 0 Å². The van der Waals surface area contributed by atoms with E-state index >= 15 is 0 Å². The number of carbonyl (C=O) groups excluding carboxylic acids is 3. The number of methoxy groups -OCH3 is 3. The molecule has 0 aromatic heterocycles. The topological polar surface area (TPSA) is 111 Å². The highest BCUT2D eigenvalue weighted by Crippen LogP contribution is 2.26. The van der Waals surface area contributed by atoms with Crippen LogP contribution in [0.1, 0.15) is 16.8 Å². The average molecular weight is 311 g/mol. The number of phenolic OH excluding ortho intramolecular Hbond substituents is 1. The van der Waals surface area contributed by atoms with Gasteiger partial charge in [-0.05, 0) is 18.2 Å². The molecule has 0 aliphatic rings. The van der Waals surface area contributed by atoms with Gasteiger partial charge in [-0.2, -0.15) is 0 Å². The van der Waals surface area contributed by atoms with E-state index < -0.39 is 23.9 Å². The molecule has 2 N–H and O–H groups in total. The molecule has 8 nitrogen and oxygen atoms in total. The third-order valence-electron chi connectivity index (χ3n) is 2.83. The molecule has 1 atom stereocenters. The number of hydrogen-bond donors (Lipinski definition) is 2. The quantitative estimate of drug-likeness (QED) is 0.448. The first-order chi connectivity index (χ1) is 10.4. The first-order valence-corrected chi connectivity index (χ1v) is 6.25. The number of carbonyl (C=O) groups is 3. The number of anilines is 1. The summed E-state index contributed by atoms with van der Waals surface area (Å²) in [6.45, 7) is 0. The van der Waals surface area contributed by atoms with Crippen LogP contribution >= 0.6 is 0 Å². The van der Waals surface area contributed by atoms with Crippen molar-refractivity contribution in [1.82, 2.24) is 0 Å². The molecule has 0 heterocycles. The van der Waals surface area contributed by atoms with Gasteiger partial charge in [-0.25, -0.2) is 9.59 Å². The zero-order valence-electron chi connectivity index (χ0n) is 12.4. The summed E-state index contributed by atoms with van der Waals surface area (Å²) in [7, 11) is 3.57. The Hall–Kier alpha value is -2.77. The molecule has 0 spiro atoms. The minimum absolute atomic E-state index is 0.0854. The minimum atomic E-state index is -1.07. The summed E-state index contributed by atoms with van der Waals surface area (Å²) in [5, 5.41) is 12.5. The Morgan fingerprint density at radius 1 is 1.14 bits per heavy atom. The molecule has 0 aliphatic carbocycles. The predicted octanol–water partition coefficient (Wildman–Crippen LogP) is 0.695. The first-order valence-electron chi connectivity index (χ1n) is 6.25. The third-order valence-corrected chi connectivity index (χ3v) is 2.83. The molecule has 0 aliphatic heterocycles. The molecule has 0 fully saturated rings. The Morgan fingerprint density at radius 2 is 1.82 bits per heavy atom. The van der Waals surface area contributed by atoms with Gasteiger partial charge in [-0.15, -0.1) is 0 Å². The van der Waals surface area contributed by atoms with Crippen LogP contribution in [-0.4, -0.2) is 50.4 Å². The van der Waals surface area contributed by atoms with Crippen LogP contribution in [-0.2, 0) is 23.8 Å². The van der Waals surface area contributed by atoms with Crippen molar-refractivity contribution in [3.8, 4) is 5.75 Å². The number of esters is 3. The van der Waals surface area contributed by atoms with Crippen molar-refractivity contribution in [2.45, 2.75) is 12.5 Å². The number of aromatic hydroxyl groups is 1. The second-order valence-corrected chi connectivity index (χ2v) is 4.22. The molecule has 1 aromatic carbocycles. The number of nitrogens with one attached hydrogen (secondary N) is 1. The Kier molecular flexibility index (Phi) is 6.18. The summed E-state index contributed by atoms with van der Waals surface area (Å²) in [6.07, 6.45) is -0.301. The van der Waals surface area contributed by atoms with E-state index in [2.05, 4.69) is 19.5 Å². The highest BCUT2D eigenvalue weighted by atomic mass is 16.5.